The highest BCUT2D eigenvalue weighted by atomic mass is 32.2. The molecule has 2 aromatic rings. The first-order chi connectivity index (χ1) is 13.5. The van der Waals surface area contributed by atoms with E-state index in [0.29, 0.717) is 18.0 Å². The highest BCUT2D eigenvalue weighted by molar-refractivity contribution is 8.00. The highest BCUT2D eigenvalue weighted by Gasteiger charge is 2.50. The van der Waals surface area contributed by atoms with E-state index in [-0.39, 0.29) is 23.4 Å². The molecule has 2 fully saturated rings. The van der Waals surface area contributed by atoms with Crippen LogP contribution in [0.2, 0.25) is 0 Å². The normalized spacial score (nSPS) is 28.9. The summed E-state index contributed by atoms with van der Waals surface area (Å²) < 4.78 is 34.7. The number of sulfonamides is 1. The molecule has 0 N–H and O–H groups in total. The Labute approximate surface area is 171 Å². The van der Waals surface area contributed by atoms with Gasteiger partial charge in [-0.2, -0.15) is 4.31 Å². The Hall–Kier alpha value is -1.38. The van der Waals surface area contributed by atoms with Gasteiger partial charge in [0.2, 0.25) is 10.0 Å². The van der Waals surface area contributed by atoms with Crippen molar-refractivity contribution in [2.45, 2.75) is 41.9 Å². The van der Waals surface area contributed by atoms with Gasteiger partial charge in [-0.1, -0.05) is 48.5 Å². The van der Waals surface area contributed by atoms with Crippen LogP contribution in [0, 0.1) is 0 Å². The summed E-state index contributed by atoms with van der Waals surface area (Å²) in [5.74, 6) is 0.895. The molecule has 2 aliphatic rings. The zero-order chi connectivity index (χ0) is 19.7. The van der Waals surface area contributed by atoms with E-state index in [1.807, 2.05) is 55.1 Å². The van der Waals surface area contributed by atoms with E-state index in [0.717, 1.165) is 11.4 Å². The molecule has 0 unspecified atom stereocenters. The van der Waals surface area contributed by atoms with Crippen LogP contribution in [0.5, 0.6) is 0 Å². The molecule has 2 heterocycles. The van der Waals surface area contributed by atoms with E-state index < -0.39 is 10.0 Å². The molecular weight excluding hydrogens is 392 g/mol. The molecule has 4 rings (SSSR count). The van der Waals surface area contributed by atoms with Gasteiger partial charge in [0.1, 0.15) is 0 Å². The third-order valence-electron chi connectivity index (χ3n) is 5.67. The first-order valence-corrected chi connectivity index (χ1v) is 12.0. The molecule has 0 amide bonds. The first kappa shape index (κ1) is 19.9. The first-order valence-electron chi connectivity index (χ1n) is 9.53. The number of likely N-dealkylation sites (N-methyl/N-ethyl adjacent to an activating group) is 1. The molecule has 0 aromatic heterocycles. The number of piperidine rings is 1. The molecule has 28 heavy (non-hydrogen) atoms. The monoisotopic (exact) mass is 418 g/mol. The molecule has 0 spiro atoms. The van der Waals surface area contributed by atoms with Gasteiger partial charge in [0, 0.05) is 24.5 Å². The number of thioether (sulfide) groups is 1. The summed E-state index contributed by atoms with van der Waals surface area (Å²) in [6, 6.07) is 18.7. The van der Waals surface area contributed by atoms with Crippen LogP contribution in [-0.4, -0.2) is 60.5 Å². The molecule has 5 nitrogen and oxygen atoms in total. The van der Waals surface area contributed by atoms with Crippen molar-refractivity contribution in [2.24, 2.45) is 0 Å². The van der Waals surface area contributed by atoms with E-state index in [2.05, 4.69) is 11.9 Å². The predicted molar refractivity (Wildman–Crippen MR) is 113 cm³/mol. The molecule has 4 atom stereocenters. The number of hydrogen-bond acceptors (Lipinski definition) is 5. The second-order valence-corrected chi connectivity index (χ2v) is 10.5. The lowest BCUT2D eigenvalue weighted by atomic mass is 9.97. The van der Waals surface area contributed by atoms with Crippen molar-refractivity contribution in [2.75, 3.05) is 19.5 Å². The van der Waals surface area contributed by atoms with Crippen molar-refractivity contribution < 1.29 is 13.2 Å². The van der Waals surface area contributed by atoms with Crippen LogP contribution in [0.3, 0.4) is 0 Å². The maximum atomic E-state index is 13.4. The summed E-state index contributed by atoms with van der Waals surface area (Å²) in [7, 11) is -1.51. The predicted octanol–water partition coefficient (Wildman–Crippen LogP) is 3.04. The summed E-state index contributed by atoms with van der Waals surface area (Å²) >= 11 is 1.87. The second kappa shape index (κ2) is 8.16. The topological polar surface area (TPSA) is 49.9 Å². The van der Waals surface area contributed by atoms with Crippen molar-refractivity contribution in [1.29, 1.82) is 0 Å². The van der Waals surface area contributed by atoms with Gasteiger partial charge >= 0.3 is 0 Å². The number of nitrogens with zero attached hydrogens (tertiary/aromatic N) is 2. The Kier molecular flexibility index (Phi) is 5.81. The fraction of sp³-hybridized carbons (Fsp3) is 0.429. The van der Waals surface area contributed by atoms with E-state index in [1.54, 1.807) is 28.6 Å². The van der Waals surface area contributed by atoms with Gasteiger partial charge in [0.15, 0.2) is 0 Å². The summed E-state index contributed by atoms with van der Waals surface area (Å²) in [4.78, 5) is 2.59. The molecule has 0 saturated carbocycles. The lowest BCUT2D eigenvalue weighted by Crippen LogP contribution is -2.62. The molecule has 2 aromatic carbocycles. The Balaban J connectivity index is 1.61. The molecule has 2 saturated heterocycles. The van der Waals surface area contributed by atoms with E-state index in [9.17, 15) is 8.42 Å². The Bertz CT molecular complexity index is 892. The largest absolute Gasteiger partial charge is 0.371 e. The molecule has 0 radical (unpaired) electrons. The second-order valence-electron chi connectivity index (χ2n) is 7.47. The lowest BCUT2D eigenvalue weighted by Gasteiger charge is -2.45. The summed E-state index contributed by atoms with van der Waals surface area (Å²) in [6.07, 6.45) is -0.160. The minimum atomic E-state index is -3.57. The standard InChI is InChI=1S/C21H26N2O3S2/c1-16-20(26-14-17-9-5-3-6-10-17)21-19(22(2)15-27-21)13-23(16)28(24,25)18-11-7-4-8-12-18/h3-12,16,19-21H,13-15H2,1-2H3/t16-,19-,20+,21-/m0/s1. The number of benzene rings is 2. The van der Waals surface area contributed by atoms with Crippen LogP contribution in [0.1, 0.15) is 12.5 Å². The van der Waals surface area contributed by atoms with Gasteiger partial charge in [0.05, 0.1) is 22.9 Å². The van der Waals surface area contributed by atoms with Crippen LogP contribution in [0.4, 0.5) is 0 Å². The zero-order valence-corrected chi connectivity index (χ0v) is 17.8. The van der Waals surface area contributed by atoms with Crippen molar-refractivity contribution >= 4 is 21.8 Å². The molecule has 0 bridgehead atoms. The Morgan fingerprint density at radius 2 is 1.71 bits per heavy atom. The minimum Gasteiger partial charge on any atom is -0.371 e. The number of fused-ring (bicyclic) bond motifs is 1. The van der Waals surface area contributed by atoms with Gasteiger partial charge in [-0.3, -0.25) is 4.90 Å². The van der Waals surface area contributed by atoms with Crippen LogP contribution >= 0.6 is 11.8 Å². The summed E-state index contributed by atoms with van der Waals surface area (Å²) in [6.45, 7) is 2.96. The highest BCUT2D eigenvalue weighted by Crippen LogP contribution is 2.40. The average Bonchev–Trinajstić information content (AvgIpc) is 3.09. The van der Waals surface area contributed by atoms with Crippen LogP contribution in [0.25, 0.3) is 0 Å². The molecule has 150 valence electrons. The molecule has 2 aliphatic heterocycles. The van der Waals surface area contributed by atoms with Gasteiger partial charge in [-0.05, 0) is 31.7 Å². The third kappa shape index (κ3) is 3.74. The maximum Gasteiger partial charge on any atom is 0.243 e. The SMILES string of the molecule is C[C@H]1[C@@H](OCc2ccccc2)[C@H]2SCN(C)[C@H]2CN1S(=O)(=O)c1ccccc1. The molecule has 0 aliphatic carbocycles. The number of ether oxygens (including phenoxy) is 1. The fourth-order valence-corrected chi connectivity index (χ4v) is 7.34. The van der Waals surface area contributed by atoms with Gasteiger partial charge < -0.3 is 4.74 Å². The van der Waals surface area contributed by atoms with Crippen molar-refractivity contribution in [1.82, 2.24) is 9.21 Å². The van der Waals surface area contributed by atoms with Crippen LogP contribution < -0.4 is 0 Å². The lowest BCUT2D eigenvalue weighted by molar-refractivity contribution is -0.0339. The Morgan fingerprint density at radius 3 is 2.39 bits per heavy atom. The van der Waals surface area contributed by atoms with E-state index >= 15 is 0 Å². The van der Waals surface area contributed by atoms with Crippen molar-refractivity contribution in [3.63, 3.8) is 0 Å². The molecular formula is C21H26N2O3S2. The average molecular weight is 419 g/mol. The smallest absolute Gasteiger partial charge is 0.243 e. The zero-order valence-electron chi connectivity index (χ0n) is 16.1. The molecule has 7 heteroatoms. The fourth-order valence-electron chi connectivity index (χ4n) is 4.05. The summed E-state index contributed by atoms with van der Waals surface area (Å²) in [5, 5.41) is 0.269. The van der Waals surface area contributed by atoms with Crippen LogP contribution in [-0.2, 0) is 21.4 Å². The van der Waals surface area contributed by atoms with Gasteiger partial charge in [-0.25, -0.2) is 8.42 Å². The number of rotatable bonds is 5. The number of hydrogen-bond donors (Lipinski definition) is 0. The minimum absolute atomic E-state index is 0.153. The summed E-state index contributed by atoms with van der Waals surface area (Å²) in [5.41, 5.74) is 1.10. The van der Waals surface area contributed by atoms with Crippen LogP contribution in [0.15, 0.2) is 65.6 Å². The van der Waals surface area contributed by atoms with E-state index in [1.165, 1.54) is 0 Å². The third-order valence-corrected chi connectivity index (χ3v) is 9.16. The van der Waals surface area contributed by atoms with Gasteiger partial charge in [-0.15, -0.1) is 11.8 Å². The van der Waals surface area contributed by atoms with Gasteiger partial charge in [0.25, 0.3) is 0 Å². The Morgan fingerprint density at radius 1 is 1.07 bits per heavy atom. The van der Waals surface area contributed by atoms with Crippen molar-refractivity contribution in [3.8, 4) is 0 Å². The van der Waals surface area contributed by atoms with Crippen molar-refractivity contribution in [3.05, 3.63) is 66.2 Å². The van der Waals surface area contributed by atoms with E-state index in [4.69, 9.17) is 4.74 Å². The quantitative estimate of drug-likeness (QED) is 0.747. The maximum absolute atomic E-state index is 13.4.